The average Bonchev–Trinajstić information content (AvgIpc) is 2.65. The third kappa shape index (κ3) is 4.97. The van der Waals surface area contributed by atoms with Crippen LogP contribution in [0.1, 0.15) is 32.6 Å². The molecule has 110 valence electrons. The molecule has 2 N–H and O–H groups in total. The van der Waals surface area contributed by atoms with Crippen LogP contribution in [0.5, 0.6) is 0 Å². The summed E-state index contributed by atoms with van der Waals surface area (Å²) in [5, 5.41) is 7.27. The molecule has 1 saturated carbocycles. The molecule has 2 aliphatic rings. The van der Waals surface area contributed by atoms with E-state index in [1.165, 1.54) is 12.8 Å². The summed E-state index contributed by atoms with van der Waals surface area (Å²) in [6.45, 7) is 6.89. The van der Waals surface area contributed by atoms with E-state index in [9.17, 15) is 4.79 Å². The topological polar surface area (TPSA) is 44.4 Å². The van der Waals surface area contributed by atoms with Crippen molar-refractivity contribution in [3.05, 3.63) is 0 Å². The molecular formula is C14H27N3OS. The van der Waals surface area contributed by atoms with Gasteiger partial charge in [0.1, 0.15) is 0 Å². The van der Waals surface area contributed by atoms with E-state index < -0.39 is 0 Å². The Labute approximate surface area is 121 Å². The molecule has 0 bridgehead atoms. The number of nitrogens with one attached hydrogen (secondary N) is 2. The standard InChI is InChI=1S/C14H27N3OS/c1-2-19-13-6-3-5-12(13)16-14(18)11-17-9-4-7-15-8-10-17/h12-13,15H,2-11H2,1H3,(H,16,18). The monoisotopic (exact) mass is 285 g/mol. The van der Waals surface area contributed by atoms with Crippen molar-refractivity contribution in [3.8, 4) is 0 Å². The molecular weight excluding hydrogens is 258 g/mol. The molecule has 1 aliphatic heterocycles. The molecule has 0 aromatic heterocycles. The van der Waals surface area contributed by atoms with E-state index in [4.69, 9.17) is 0 Å². The number of hydrogen-bond acceptors (Lipinski definition) is 4. The van der Waals surface area contributed by atoms with Gasteiger partial charge in [-0.1, -0.05) is 13.3 Å². The lowest BCUT2D eigenvalue weighted by Crippen LogP contribution is -2.45. The quantitative estimate of drug-likeness (QED) is 0.793. The summed E-state index contributed by atoms with van der Waals surface area (Å²) in [5.74, 6) is 1.37. The Morgan fingerprint density at radius 1 is 1.32 bits per heavy atom. The fourth-order valence-corrected chi connectivity index (χ4v) is 4.22. The van der Waals surface area contributed by atoms with Crippen molar-refractivity contribution in [1.29, 1.82) is 0 Å². The fraction of sp³-hybridized carbons (Fsp3) is 0.929. The summed E-state index contributed by atoms with van der Waals surface area (Å²) in [6, 6.07) is 0.405. The van der Waals surface area contributed by atoms with Crippen molar-refractivity contribution in [1.82, 2.24) is 15.5 Å². The summed E-state index contributed by atoms with van der Waals surface area (Å²) in [4.78, 5) is 14.4. The molecule has 2 atom stereocenters. The van der Waals surface area contributed by atoms with Gasteiger partial charge in [-0.05, 0) is 38.1 Å². The van der Waals surface area contributed by atoms with Crippen molar-refractivity contribution in [2.24, 2.45) is 0 Å². The minimum atomic E-state index is 0.218. The van der Waals surface area contributed by atoms with Crippen LogP contribution in [0.2, 0.25) is 0 Å². The van der Waals surface area contributed by atoms with Crippen LogP contribution < -0.4 is 10.6 Å². The highest BCUT2D eigenvalue weighted by Gasteiger charge is 2.28. The smallest absolute Gasteiger partial charge is 0.234 e. The molecule has 2 fully saturated rings. The van der Waals surface area contributed by atoms with Gasteiger partial charge in [-0.2, -0.15) is 11.8 Å². The number of rotatable bonds is 5. The molecule has 0 spiro atoms. The molecule has 0 radical (unpaired) electrons. The number of carbonyl (C=O) groups excluding carboxylic acids is 1. The first-order valence-corrected chi connectivity index (χ1v) is 8.68. The van der Waals surface area contributed by atoms with Gasteiger partial charge in [-0.25, -0.2) is 0 Å². The Bertz CT molecular complexity index is 280. The molecule has 1 heterocycles. The predicted molar refractivity (Wildman–Crippen MR) is 81.6 cm³/mol. The molecule has 19 heavy (non-hydrogen) atoms. The third-order valence-electron chi connectivity index (χ3n) is 3.98. The van der Waals surface area contributed by atoms with Crippen LogP contribution >= 0.6 is 11.8 Å². The van der Waals surface area contributed by atoms with Gasteiger partial charge < -0.3 is 10.6 Å². The van der Waals surface area contributed by atoms with Gasteiger partial charge in [0.05, 0.1) is 6.54 Å². The van der Waals surface area contributed by atoms with Crippen molar-refractivity contribution in [2.75, 3.05) is 38.5 Å². The highest BCUT2D eigenvalue weighted by molar-refractivity contribution is 7.99. The van der Waals surface area contributed by atoms with E-state index in [1.807, 2.05) is 11.8 Å². The predicted octanol–water partition coefficient (Wildman–Crippen LogP) is 1.07. The van der Waals surface area contributed by atoms with Gasteiger partial charge in [0.2, 0.25) is 5.91 Å². The summed E-state index contributed by atoms with van der Waals surface area (Å²) in [7, 11) is 0. The lowest BCUT2D eigenvalue weighted by molar-refractivity contribution is -0.122. The first-order chi connectivity index (χ1) is 9.29. The zero-order valence-electron chi connectivity index (χ0n) is 12.0. The fourth-order valence-electron chi connectivity index (χ4n) is 3.02. The molecule has 1 amide bonds. The van der Waals surface area contributed by atoms with E-state index in [0.717, 1.165) is 44.8 Å². The third-order valence-corrected chi connectivity index (χ3v) is 5.31. The van der Waals surface area contributed by atoms with E-state index >= 15 is 0 Å². The number of nitrogens with zero attached hydrogens (tertiary/aromatic N) is 1. The van der Waals surface area contributed by atoms with E-state index in [2.05, 4.69) is 22.5 Å². The minimum Gasteiger partial charge on any atom is -0.351 e. The second-order valence-electron chi connectivity index (χ2n) is 5.48. The Morgan fingerprint density at radius 2 is 2.21 bits per heavy atom. The molecule has 5 heteroatoms. The van der Waals surface area contributed by atoms with Crippen molar-refractivity contribution in [3.63, 3.8) is 0 Å². The number of thioether (sulfide) groups is 1. The van der Waals surface area contributed by atoms with Crippen LogP contribution in [0.3, 0.4) is 0 Å². The van der Waals surface area contributed by atoms with E-state index in [-0.39, 0.29) is 5.91 Å². The summed E-state index contributed by atoms with van der Waals surface area (Å²) in [6.07, 6.45) is 4.82. The van der Waals surface area contributed by atoms with Gasteiger partial charge in [0, 0.05) is 24.4 Å². The normalized spacial score (nSPS) is 29.1. The van der Waals surface area contributed by atoms with Gasteiger partial charge in [0.15, 0.2) is 0 Å². The van der Waals surface area contributed by atoms with Crippen molar-refractivity contribution in [2.45, 2.75) is 43.9 Å². The summed E-state index contributed by atoms with van der Waals surface area (Å²) < 4.78 is 0. The van der Waals surface area contributed by atoms with Crippen LogP contribution in [0.4, 0.5) is 0 Å². The first-order valence-electron chi connectivity index (χ1n) is 7.63. The Hall–Kier alpha value is -0.260. The SMILES string of the molecule is CCSC1CCCC1NC(=O)CN1CCCNCC1. The van der Waals surface area contributed by atoms with Crippen molar-refractivity contribution >= 4 is 17.7 Å². The lowest BCUT2D eigenvalue weighted by atomic mass is 10.2. The second-order valence-corrected chi connectivity index (χ2v) is 6.99. The number of amides is 1. The first kappa shape index (κ1) is 15.1. The molecule has 0 aromatic rings. The largest absolute Gasteiger partial charge is 0.351 e. The maximum atomic E-state index is 12.1. The molecule has 4 nitrogen and oxygen atoms in total. The Balaban J connectivity index is 1.73. The van der Waals surface area contributed by atoms with Crippen LogP contribution in [-0.2, 0) is 4.79 Å². The minimum absolute atomic E-state index is 0.218. The molecule has 2 rings (SSSR count). The van der Waals surface area contributed by atoms with Crippen LogP contribution in [0, 0.1) is 0 Å². The maximum absolute atomic E-state index is 12.1. The van der Waals surface area contributed by atoms with Crippen LogP contribution in [0.15, 0.2) is 0 Å². The Kier molecular flexibility index (Phi) is 6.47. The second kappa shape index (κ2) is 8.12. The highest BCUT2D eigenvalue weighted by Crippen LogP contribution is 2.29. The zero-order chi connectivity index (χ0) is 13.5. The maximum Gasteiger partial charge on any atom is 0.234 e. The van der Waals surface area contributed by atoms with Gasteiger partial charge >= 0.3 is 0 Å². The number of carbonyl (C=O) groups is 1. The van der Waals surface area contributed by atoms with Crippen LogP contribution in [0.25, 0.3) is 0 Å². The van der Waals surface area contributed by atoms with Crippen LogP contribution in [-0.4, -0.2) is 60.6 Å². The molecule has 1 aliphatic carbocycles. The van der Waals surface area contributed by atoms with Gasteiger partial charge in [-0.3, -0.25) is 9.69 Å². The highest BCUT2D eigenvalue weighted by atomic mass is 32.2. The summed E-state index contributed by atoms with van der Waals surface area (Å²) in [5.41, 5.74) is 0. The van der Waals surface area contributed by atoms with E-state index in [1.54, 1.807) is 0 Å². The molecule has 1 saturated heterocycles. The average molecular weight is 285 g/mol. The Morgan fingerprint density at radius 3 is 3.05 bits per heavy atom. The zero-order valence-corrected chi connectivity index (χ0v) is 12.8. The molecule has 2 unspecified atom stereocenters. The lowest BCUT2D eigenvalue weighted by Gasteiger charge is -2.23. The van der Waals surface area contributed by atoms with Crippen molar-refractivity contribution < 1.29 is 4.79 Å². The van der Waals surface area contributed by atoms with E-state index in [0.29, 0.717) is 17.8 Å². The summed E-state index contributed by atoms with van der Waals surface area (Å²) >= 11 is 2.00. The number of hydrogen-bond donors (Lipinski definition) is 2. The van der Waals surface area contributed by atoms with Gasteiger partial charge in [0.25, 0.3) is 0 Å². The van der Waals surface area contributed by atoms with Gasteiger partial charge in [-0.15, -0.1) is 0 Å². The molecule has 0 aromatic carbocycles.